The van der Waals surface area contributed by atoms with Crippen LogP contribution >= 0.6 is 23.4 Å². The van der Waals surface area contributed by atoms with Crippen molar-refractivity contribution in [2.45, 2.75) is 19.3 Å². The second-order valence-electron chi connectivity index (χ2n) is 7.06. The molecule has 0 aliphatic carbocycles. The Labute approximate surface area is 175 Å². The van der Waals surface area contributed by atoms with Crippen molar-refractivity contribution in [1.29, 1.82) is 0 Å². The molecule has 2 aromatic rings. The van der Waals surface area contributed by atoms with E-state index >= 15 is 0 Å². The summed E-state index contributed by atoms with van der Waals surface area (Å²) in [5.74, 6) is 1.27. The Balaban J connectivity index is 1.33. The monoisotopic (exact) mass is 416 g/mol. The summed E-state index contributed by atoms with van der Waals surface area (Å²) in [6, 6.07) is 17.5. The molecule has 0 bridgehead atoms. The fraction of sp³-hybridized carbons (Fsp3) is 0.364. The molecule has 0 atom stereocenters. The molecule has 1 heterocycles. The minimum absolute atomic E-state index is 0.110. The number of carbonyl (C=O) groups excluding carboxylic acids is 2. The molecule has 0 spiro atoms. The van der Waals surface area contributed by atoms with E-state index in [0.717, 1.165) is 32.4 Å². The number of rotatable bonds is 7. The number of hydrogen-bond donors (Lipinski definition) is 1. The van der Waals surface area contributed by atoms with Gasteiger partial charge in [-0.15, -0.1) is 11.8 Å². The Morgan fingerprint density at radius 1 is 1.00 bits per heavy atom. The van der Waals surface area contributed by atoms with Crippen LogP contribution in [0.1, 0.15) is 18.4 Å². The van der Waals surface area contributed by atoms with E-state index in [2.05, 4.69) is 29.6 Å². The van der Waals surface area contributed by atoms with Crippen molar-refractivity contribution < 1.29 is 9.59 Å². The molecule has 4 nitrogen and oxygen atoms in total. The Bertz CT molecular complexity index is 775. The van der Waals surface area contributed by atoms with Gasteiger partial charge >= 0.3 is 0 Å². The largest absolute Gasteiger partial charge is 0.342 e. The van der Waals surface area contributed by atoms with Crippen LogP contribution < -0.4 is 5.32 Å². The highest BCUT2D eigenvalue weighted by molar-refractivity contribution is 8.00. The summed E-state index contributed by atoms with van der Waals surface area (Å²) in [4.78, 5) is 26.3. The molecule has 1 fully saturated rings. The van der Waals surface area contributed by atoms with Gasteiger partial charge in [0.05, 0.1) is 11.5 Å². The first-order chi connectivity index (χ1) is 13.6. The van der Waals surface area contributed by atoms with Crippen molar-refractivity contribution in [2.24, 2.45) is 5.92 Å². The van der Waals surface area contributed by atoms with Crippen LogP contribution in [0, 0.1) is 5.92 Å². The zero-order valence-electron chi connectivity index (χ0n) is 15.8. The van der Waals surface area contributed by atoms with E-state index in [4.69, 9.17) is 11.6 Å². The van der Waals surface area contributed by atoms with Gasteiger partial charge in [0.15, 0.2) is 0 Å². The molecule has 1 N–H and O–H groups in total. The summed E-state index contributed by atoms with van der Waals surface area (Å²) in [6.45, 7) is 1.63. The number of thioether (sulfide) groups is 1. The molecule has 1 aliphatic heterocycles. The van der Waals surface area contributed by atoms with Crippen LogP contribution in [0.4, 0.5) is 5.69 Å². The lowest BCUT2D eigenvalue weighted by Gasteiger charge is -2.32. The topological polar surface area (TPSA) is 49.4 Å². The van der Waals surface area contributed by atoms with Gasteiger partial charge in [0.2, 0.25) is 11.8 Å². The number of carbonyl (C=O) groups is 2. The summed E-state index contributed by atoms with van der Waals surface area (Å²) < 4.78 is 0. The van der Waals surface area contributed by atoms with Gasteiger partial charge in [-0.25, -0.2) is 0 Å². The second kappa shape index (κ2) is 10.5. The van der Waals surface area contributed by atoms with Gasteiger partial charge in [-0.1, -0.05) is 41.9 Å². The highest BCUT2D eigenvalue weighted by Gasteiger charge is 2.22. The first kappa shape index (κ1) is 20.7. The first-order valence-electron chi connectivity index (χ1n) is 9.55. The third kappa shape index (κ3) is 6.57. The number of benzene rings is 2. The van der Waals surface area contributed by atoms with Crippen molar-refractivity contribution in [3.05, 3.63) is 65.2 Å². The molecule has 0 unspecified atom stereocenters. The summed E-state index contributed by atoms with van der Waals surface area (Å²) in [6.07, 6.45) is 3.17. The fourth-order valence-corrected chi connectivity index (χ4v) is 4.23. The maximum atomic E-state index is 12.4. The number of likely N-dealkylation sites (tertiary alicyclic amines) is 1. The van der Waals surface area contributed by atoms with E-state index in [1.807, 2.05) is 11.0 Å². The number of halogens is 1. The van der Waals surface area contributed by atoms with Gasteiger partial charge < -0.3 is 10.2 Å². The molecule has 2 aromatic carbocycles. The highest BCUT2D eigenvalue weighted by atomic mass is 35.5. The lowest BCUT2D eigenvalue weighted by atomic mass is 9.90. The SMILES string of the molecule is O=C(CSCC(=O)N1CCC(Cc2ccccc2)CC1)Nc1ccc(Cl)cc1. The van der Waals surface area contributed by atoms with Crippen molar-refractivity contribution in [3.63, 3.8) is 0 Å². The quantitative estimate of drug-likeness (QED) is 0.723. The smallest absolute Gasteiger partial charge is 0.234 e. The molecule has 148 valence electrons. The van der Waals surface area contributed by atoms with Gasteiger partial charge in [-0.3, -0.25) is 9.59 Å². The summed E-state index contributed by atoms with van der Waals surface area (Å²) in [5, 5.41) is 3.44. The Morgan fingerprint density at radius 3 is 2.36 bits per heavy atom. The average Bonchev–Trinajstić information content (AvgIpc) is 2.71. The van der Waals surface area contributed by atoms with E-state index in [9.17, 15) is 9.59 Å². The van der Waals surface area contributed by atoms with Crippen molar-refractivity contribution in [1.82, 2.24) is 4.90 Å². The zero-order chi connectivity index (χ0) is 19.8. The predicted molar refractivity (Wildman–Crippen MR) is 117 cm³/mol. The number of hydrogen-bond acceptors (Lipinski definition) is 3. The van der Waals surface area contributed by atoms with E-state index in [-0.39, 0.29) is 17.6 Å². The number of nitrogens with one attached hydrogen (secondary N) is 1. The van der Waals surface area contributed by atoms with Gasteiger partial charge in [0.25, 0.3) is 0 Å². The number of piperidine rings is 1. The van der Waals surface area contributed by atoms with Crippen LogP contribution in [-0.4, -0.2) is 41.3 Å². The summed E-state index contributed by atoms with van der Waals surface area (Å²) in [5.41, 5.74) is 2.08. The molecule has 0 radical (unpaired) electrons. The van der Waals surface area contributed by atoms with Crippen LogP contribution in [0.3, 0.4) is 0 Å². The van der Waals surface area contributed by atoms with Crippen molar-refractivity contribution >= 4 is 40.9 Å². The number of nitrogens with zero attached hydrogens (tertiary/aromatic N) is 1. The maximum absolute atomic E-state index is 12.4. The van der Waals surface area contributed by atoms with Crippen LogP contribution in [-0.2, 0) is 16.0 Å². The molecule has 0 saturated carbocycles. The minimum atomic E-state index is -0.110. The van der Waals surface area contributed by atoms with Crippen molar-refractivity contribution in [2.75, 3.05) is 29.9 Å². The van der Waals surface area contributed by atoms with Gasteiger partial charge in [-0.2, -0.15) is 0 Å². The van der Waals surface area contributed by atoms with Gasteiger partial charge in [-0.05, 0) is 55.0 Å². The van der Waals surface area contributed by atoms with Gasteiger partial charge in [0, 0.05) is 23.8 Å². The molecule has 1 saturated heterocycles. The molecule has 6 heteroatoms. The maximum Gasteiger partial charge on any atom is 0.234 e. The first-order valence-corrected chi connectivity index (χ1v) is 11.1. The van der Waals surface area contributed by atoms with Crippen LogP contribution in [0.25, 0.3) is 0 Å². The zero-order valence-corrected chi connectivity index (χ0v) is 17.3. The Morgan fingerprint density at radius 2 is 1.68 bits per heavy atom. The lowest BCUT2D eigenvalue weighted by Crippen LogP contribution is -2.40. The van der Waals surface area contributed by atoms with Crippen LogP contribution in [0.15, 0.2) is 54.6 Å². The third-order valence-electron chi connectivity index (χ3n) is 4.92. The fourth-order valence-electron chi connectivity index (χ4n) is 3.39. The summed E-state index contributed by atoms with van der Waals surface area (Å²) >= 11 is 7.19. The van der Waals surface area contributed by atoms with E-state index in [1.165, 1.54) is 17.3 Å². The molecule has 3 rings (SSSR count). The Hall–Kier alpha value is -1.98. The normalized spacial score (nSPS) is 14.7. The van der Waals surface area contributed by atoms with E-state index < -0.39 is 0 Å². The predicted octanol–water partition coefficient (Wildman–Crippen LogP) is 4.49. The molecular formula is C22H25ClN2O2S. The summed E-state index contributed by atoms with van der Waals surface area (Å²) in [7, 11) is 0. The third-order valence-corrected chi connectivity index (χ3v) is 6.09. The average molecular weight is 417 g/mol. The standard InChI is InChI=1S/C22H25ClN2O2S/c23-19-6-8-20(9-7-19)24-21(26)15-28-16-22(27)25-12-10-18(11-13-25)14-17-4-2-1-3-5-17/h1-9,18H,10-16H2,(H,24,26). The second-order valence-corrected chi connectivity index (χ2v) is 8.48. The van der Waals surface area contributed by atoms with Gasteiger partial charge in [0.1, 0.15) is 0 Å². The highest BCUT2D eigenvalue weighted by Crippen LogP contribution is 2.22. The molecule has 2 amide bonds. The van der Waals surface area contributed by atoms with E-state index in [0.29, 0.717) is 22.4 Å². The van der Waals surface area contributed by atoms with Crippen molar-refractivity contribution in [3.8, 4) is 0 Å². The van der Waals surface area contributed by atoms with Crippen LogP contribution in [0.2, 0.25) is 5.02 Å². The lowest BCUT2D eigenvalue weighted by molar-refractivity contribution is -0.129. The Kier molecular flexibility index (Phi) is 7.80. The number of amides is 2. The van der Waals surface area contributed by atoms with E-state index in [1.54, 1.807) is 24.3 Å². The minimum Gasteiger partial charge on any atom is -0.342 e. The molecule has 1 aliphatic rings. The number of anilines is 1. The molecule has 28 heavy (non-hydrogen) atoms. The van der Waals surface area contributed by atoms with Crippen LogP contribution in [0.5, 0.6) is 0 Å². The molecular weight excluding hydrogens is 392 g/mol. The molecule has 0 aromatic heterocycles.